The van der Waals surface area contributed by atoms with Crippen LogP contribution in [0.15, 0.2) is 18.2 Å². The van der Waals surface area contributed by atoms with Gasteiger partial charge in [0.2, 0.25) is 0 Å². The van der Waals surface area contributed by atoms with E-state index in [1.807, 2.05) is 6.07 Å². The van der Waals surface area contributed by atoms with Gasteiger partial charge in [0.25, 0.3) is 0 Å². The lowest BCUT2D eigenvalue weighted by atomic mass is 9.94. The number of fused-ring (bicyclic) bond motifs is 1. The summed E-state index contributed by atoms with van der Waals surface area (Å²) < 4.78 is 10.5. The minimum atomic E-state index is 0.527. The smallest absolute Gasteiger partial charge is 0.123 e. The molecule has 0 saturated heterocycles. The monoisotopic (exact) mass is 221 g/mol. The molecule has 0 amide bonds. The number of methoxy groups -OCH3 is 2. The molecule has 1 aliphatic rings. The van der Waals surface area contributed by atoms with E-state index in [0.717, 1.165) is 31.7 Å². The predicted octanol–water partition coefficient (Wildman–Crippen LogP) is 1.75. The van der Waals surface area contributed by atoms with Gasteiger partial charge in [-0.3, -0.25) is 0 Å². The van der Waals surface area contributed by atoms with Gasteiger partial charge in [-0.25, -0.2) is 0 Å². The van der Waals surface area contributed by atoms with Crippen LogP contribution in [0, 0.1) is 0 Å². The molecule has 0 aromatic heterocycles. The predicted molar refractivity (Wildman–Crippen MR) is 63.8 cm³/mol. The lowest BCUT2D eigenvalue weighted by Crippen LogP contribution is -2.36. The number of benzene rings is 1. The molecule has 1 aliphatic heterocycles. The summed E-state index contributed by atoms with van der Waals surface area (Å²) in [7, 11) is 3.48. The van der Waals surface area contributed by atoms with Crippen LogP contribution in [0.4, 0.5) is 0 Å². The first kappa shape index (κ1) is 11.4. The zero-order valence-corrected chi connectivity index (χ0v) is 9.95. The minimum Gasteiger partial charge on any atom is -0.496 e. The van der Waals surface area contributed by atoms with Crippen LogP contribution in [0.1, 0.15) is 17.5 Å². The fourth-order valence-electron chi connectivity index (χ4n) is 2.24. The normalized spacial score (nSPS) is 19.2. The van der Waals surface area contributed by atoms with E-state index in [0.29, 0.717) is 6.04 Å². The Morgan fingerprint density at radius 3 is 3.00 bits per heavy atom. The molecule has 2 rings (SSSR count). The average Bonchev–Trinajstić information content (AvgIpc) is 2.35. The largest absolute Gasteiger partial charge is 0.496 e. The lowest BCUT2D eigenvalue weighted by Gasteiger charge is -2.27. The highest BCUT2D eigenvalue weighted by atomic mass is 16.5. The van der Waals surface area contributed by atoms with Gasteiger partial charge in [-0.05, 0) is 24.5 Å². The Labute approximate surface area is 96.8 Å². The molecule has 16 heavy (non-hydrogen) atoms. The molecule has 1 heterocycles. The summed E-state index contributed by atoms with van der Waals surface area (Å²) in [6.07, 6.45) is 2.13. The molecule has 1 aromatic carbocycles. The SMILES string of the molecule is COCCC1Cc2cccc(OC)c2CN1. The molecule has 1 N–H and O–H groups in total. The maximum Gasteiger partial charge on any atom is 0.123 e. The van der Waals surface area contributed by atoms with Crippen molar-refractivity contribution in [2.24, 2.45) is 0 Å². The first-order valence-corrected chi connectivity index (χ1v) is 5.72. The van der Waals surface area contributed by atoms with Gasteiger partial charge in [0.15, 0.2) is 0 Å². The molecule has 0 bridgehead atoms. The summed E-state index contributed by atoms with van der Waals surface area (Å²) in [4.78, 5) is 0. The molecule has 1 aromatic rings. The number of rotatable bonds is 4. The van der Waals surface area contributed by atoms with Gasteiger partial charge in [-0.15, -0.1) is 0 Å². The fourth-order valence-corrected chi connectivity index (χ4v) is 2.24. The van der Waals surface area contributed by atoms with Crippen molar-refractivity contribution in [3.8, 4) is 5.75 Å². The second-order valence-corrected chi connectivity index (χ2v) is 4.16. The van der Waals surface area contributed by atoms with Crippen LogP contribution in [0.5, 0.6) is 5.75 Å². The maximum atomic E-state index is 5.36. The summed E-state index contributed by atoms with van der Waals surface area (Å²) in [6.45, 7) is 1.71. The Morgan fingerprint density at radius 1 is 1.38 bits per heavy atom. The quantitative estimate of drug-likeness (QED) is 0.840. The van der Waals surface area contributed by atoms with Crippen LogP contribution in [0.3, 0.4) is 0 Å². The number of hydrogen-bond acceptors (Lipinski definition) is 3. The van der Waals surface area contributed by atoms with Gasteiger partial charge >= 0.3 is 0 Å². The van der Waals surface area contributed by atoms with Crippen LogP contribution in [0.25, 0.3) is 0 Å². The topological polar surface area (TPSA) is 30.5 Å². The molecule has 0 fully saturated rings. The van der Waals surface area contributed by atoms with E-state index in [-0.39, 0.29) is 0 Å². The van der Waals surface area contributed by atoms with Crippen molar-refractivity contribution in [2.75, 3.05) is 20.8 Å². The number of nitrogens with one attached hydrogen (secondary N) is 1. The average molecular weight is 221 g/mol. The summed E-state index contributed by atoms with van der Waals surface area (Å²) in [6, 6.07) is 6.81. The third-order valence-corrected chi connectivity index (χ3v) is 3.15. The molecule has 0 spiro atoms. The molecule has 3 nitrogen and oxygen atoms in total. The van der Waals surface area contributed by atoms with Crippen molar-refractivity contribution in [1.82, 2.24) is 5.32 Å². The van der Waals surface area contributed by atoms with E-state index >= 15 is 0 Å². The number of hydrogen-bond donors (Lipinski definition) is 1. The molecular weight excluding hydrogens is 202 g/mol. The Kier molecular flexibility index (Phi) is 3.80. The van der Waals surface area contributed by atoms with E-state index in [1.54, 1.807) is 14.2 Å². The summed E-state index contributed by atoms with van der Waals surface area (Å²) in [5, 5.41) is 3.52. The molecular formula is C13H19NO2. The second kappa shape index (κ2) is 5.32. The maximum absolute atomic E-state index is 5.36. The Balaban J connectivity index is 2.09. The molecule has 0 aliphatic carbocycles. The minimum absolute atomic E-state index is 0.527. The lowest BCUT2D eigenvalue weighted by molar-refractivity contribution is 0.181. The zero-order valence-electron chi connectivity index (χ0n) is 9.95. The van der Waals surface area contributed by atoms with Gasteiger partial charge in [-0.1, -0.05) is 12.1 Å². The number of ether oxygens (including phenoxy) is 2. The summed E-state index contributed by atoms with van der Waals surface area (Å²) in [5.74, 6) is 0.996. The van der Waals surface area contributed by atoms with Crippen molar-refractivity contribution in [1.29, 1.82) is 0 Å². The van der Waals surface area contributed by atoms with Crippen molar-refractivity contribution >= 4 is 0 Å². The standard InChI is InChI=1S/C13H19NO2/c1-15-7-6-11-8-10-4-3-5-13(16-2)12(10)9-14-11/h3-5,11,14H,6-9H2,1-2H3. The third kappa shape index (κ3) is 2.36. The first-order valence-electron chi connectivity index (χ1n) is 5.72. The van der Waals surface area contributed by atoms with Crippen LogP contribution in [-0.4, -0.2) is 26.9 Å². The highest BCUT2D eigenvalue weighted by molar-refractivity contribution is 5.42. The van der Waals surface area contributed by atoms with Crippen molar-refractivity contribution in [3.05, 3.63) is 29.3 Å². The molecule has 1 atom stereocenters. The summed E-state index contributed by atoms with van der Waals surface area (Å²) in [5.41, 5.74) is 2.71. The first-order chi connectivity index (χ1) is 7.85. The Morgan fingerprint density at radius 2 is 2.25 bits per heavy atom. The van der Waals surface area contributed by atoms with Gasteiger partial charge in [0.1, 0.15) is 5.75 Å². The Hall–Kier alpha value is -1.06. The third-order valence-electron chi connectivity index (χ3n) is 3.15. The molecule has 88 valence electrons. The van der Waals surface area contributed by atoms with E-state index in [1.165, 1.54) is 11.1 Å². The molecule has 1 unspecified atom stereocenters. The van der Waals surface area contributed by atoms with E-state index in [2.05, 4.69) is 17.4 Å². The highest BCUT2D eigenvalue weighted by Gasteiger charge is 2.19. The Bertz CT molecular complexity index is 352. The van der Waals surface area contributed by atoms with Gasteiger partial charge in [-0.2, -0.15) is 0 Å². The van der Waals surface area contributed by atoms with Crippen LogP contribution < -0.4 is 10.1 Å². The van der Waals surface area contributed by atoms with Crippen LogP contribution >= 0.6 is 0 Å². The van der Waals surface area contributed by atoms with Crippen LogP contribution in [0.2, 0.25) is 0 Å². The zero-order chi connectivity index (χ0) is 11.4. The molecule has 0 saturated carbocycles. The van der Waals surface area contributed by atoms with Crippen molar-refractivity contribution < 1.29 is 9.47 Å². The molecule has 0 radical (unpaired) electrons. The van der Waals surface area contributed by atoms with Gasteiger partial charge in [0.05, 0.1) is 7.11 Å². The van der Waals surface area contributed by atoms with E-state index in [4.69, 9.17) is 9.47 Å². The highest BCUT2D eigenvalue weighted by Crippen LogP contribution is 2.26. The van der Waals surface area contributed by atoms with E-state index in [9.17, 15) is 0 Å². The van der Waals surface area contributed by atoms with Crippen LogP contribution in [-0.2, 0) is 17.7 Å². The molecule has 3 heteroatoms. The van der Waals surface area contributed by atoms with Gasteiger partial charge < -0.3 is 14.8 Å². The summed E-state index contributed by atoms with van der Waals surface area (Å²) >= 11 is 0. The van der Waals surface area contributed by atoms with Crippen molar-refractivity contribution in [2.45, 2.75) is 25.4 Å². The van der Waals surface area contributed by atoms with Crippen molar-refractivity contribution in [3.63, 3.8) is 0 Å². The van der Waals surface area contributed by atoms with E-state index < -0.39 is 0 Å². The van der Waals surface area contributed by atoms with Gasteiger partial charge in [0, 0.05) is 31.9 Å². The second-order valence-electron chi connectivity index (χ2n) is 4.16. The fraction of sp³-hybridized carbons (Fsp3) is 0.538.